The summed E-state index contributed by atoms with van der Waals surface area (Å²) in [7, 11) is 0. The molecule has 0 spiro atoms. The van der Waals surface area contributed by atoms with Crippen molar-refractivity contribution in [1.82, 2.24) is 9.97 Å². The number of anilines is 2. The Kier molecular flexibility index (Phi) is 4.16. The van der Waals surface area contributed by atoms with Crippen LogP contribution in [0.5, 0.6) is 0 Å². The molecule has 0 fully saturated rings. The molecule has 0 aliphatic rings. The monoisotopic (exact) mass is 260 g/mol. The quantitative estimate of drug-likeness (QED) is 0.766. The van der Waals surface area contributed by atoms with Gasteiger partial charge in [-0.3, -0.25) is 0 Å². The van der Waals surface area contributed by atoms with Gasteiger partial charge in [0.2, 0.25) is 5.95 Å². The largest absolute Gasteiger partial charge is 0.394 e. The lowest BCUT2D eigenvalue weighted by Crippen LogP contribution is -2.31. The Morgan fingerprint density at radius 1 is 1.32 bits per heavy atom. The highest BCUT2D eigenvalue weighted by Gasteiger charge is 2.16. The van der Waals surface area contributed by atoms with E-state index >= 15 is 0 Å². The number of nitrogen functional groups attached to an aromatic ring is 1. The number of aliphatic hydroxyl groups is 1. The zero-order valence-corrected chi connectivity index (χ0v) is 11.3. The van der Waals surface area contributed by atoms with Gasteiger partial charge in [0.1, 0.15) is 5.82 Å². The Morgan fingerprint density at radius 2 is 2.05 bits per heavy atom. The summed E-state index contributed by atoms with van der Waals surface area (Å²) in [6.07, 6.45) is 0.983. The molecule has 19 heavy (non-hydrogen) atoms. The van der Waals surface area contributed by atoms with E-state index in [1.165, 1.54) is 0 Å². The topological polar surface area (TPSA) is 84.1 Å². The van der Waals surface area contributed by atoms with Crippen molar-refractivity contribution in [3.8, 4) is 0 Å². The smallest absolute Gasteiger partial charge is 0.222 e. The first-order valence-electron chi connectivity index (χ1n) is 6.55. The van der Waals surface area contributed by atoms with Crippen LogP contribution >= 0.6 is 0 Å². The molecule has 2 rings (SSSR count). The molecule has 0 saturated carbocycles. The molecule has 5 heteroatoms. The fourth-order valence-electron chi connectivity index (χ4n) is 2.03. The van der Waals surface area contributed by atoms with Crippen LogP contribution in [-0.2, 0) is 0 Å². The van der Waals surface area contributed by atoms with Crippen molar-refractivity contribution in [3.05, 3.63) is 24.3 Å². The number of benzene rings is 1. The maximum atomic E-state index is 9.49. The van der Waals surface area contributed by atoms with E-state index in [4.69, 9.17) is 5.73 Å². The minimum atomic E-state index is -0.0392. The van der Waals surface area contributed by atoms with Gasteiger partial charge in [-0.2, -0.15) is 4.98 Å². The molecule has 2 atom stereocenters. The van der Waals surface area contributed by atoms with Crippen molar-refractivity contribution in [2.45, 2.75) is 26.3 Å². The van der Waals surface area contributed by atoms with Gasteiger partial charge in [-0.15, -0.1) is 0 Å². The lowest BCUT2D eigenvalue weighted by atomic mass is 10.00. The normalized spacial score (nSPS) is 14.3. The second kappa shape index (κ2) is 5.84. The van der Waals surface area contributed by atoms with E-state index in [0.29, 0.717) is 11.7 Å². The molecule has 0 aliphatic heterocycles. The molecule has 1 aromatic heterocycles. The molecule has 1 aromatic carbocycles. The third kappa shape index (κ3) is 2.93. The van der Waals surface area contributed by atoms with E-state index in [1.54, 1.807) is 0 Å². The lowest BCUT2D eigenvalue weighted by molar-refractivity contribution is 0.241. The number of para-hydroxylation sites is 1. The van der Waals surface area contributed by atoms with Crippen molar-refractivity contribution in [1.29, 1.82) is 0 Å². The SMILES string of the molecule is CC[C@H](C)[C@@H](CO)Nc1nc(N)nc2ccccc12. The minimum Gasteiger partial charge on any atom is -0.394 e. The van der Waals surface area contributed by atoms with Crippen molar-refractivity contribution in [3.63, 3.8) is 0 Å². The fourth-order valence-corrected chi connectivity index (χ4v) is 2.03. The molecule has 0 radical (unpaired) electrons. The van der Waals surface area contributed by atoms with Crippen LogP contribution in [0.1, 0.15) is 20.3 Å². The standard InChI is InChI=1S/C14H20N4O/c1-3-9(2)12(8-19)16-13-10-6-4-5-7-11(10)17-14(15)18-13/h4-7,9,12,19H,3,8H2,1-2H3,(H3,15,16,17,18)/t9-,12+/m0/s1. The number of aliphatic hydroxyl groups excluding tert-OH is 1. The Morgan fingerprint density at radius 3 is 2.74 bits per heavy atom. The molecule has 0 saturated heterocycles. The summed E-state index contributed by atoms with van der Waals surface area (Å²) in [6.45, 7) is 4.26. The lowest BCUT2D eigenvalue weighted by Gasteiger charge is -2.23. The summed E-state index contributed by atoms with van der Waals surface area (Å²) in [5.41, 5.74) is 6.53. The van der Waals surface area contributed by atoms with Crippen LogP contribution in [-0.4, -0.2) is 27.7 Å². The van der Waals surface area contributed by atoms with Crippen LogP contribution in [0.15, 0.2) is 24.3 Å². The average Bonchev–Trinajstić information content (AvgIpc) is 2.43. The van der Waals surface area contributed by atoms with Crippen LogP contribution in [0, 0.1) is 5.92 Å². The number of fused-ring (bicyclic) bond motifs is 1. The van der Waals surface area contributed by atoms with Crippen LogP contribution in [0.4, 0.5) is 11.8 Å². The number of nitrogens with zero attached hydrogens (tertiary/aromatic N) is 2. The highest BCUT2D eigenvalue weighted by molar-refractivity contribution is 5.89. The zero-order valence-electron chi connectivity index (χ0n) is 11.3. The molecule has 4 N–H and O–H groups in total. The first-order chi connectivity index (χ1) is 9.15. The van der Waals surface area contributed by atoms with E-state index in [0.717, 1.165) is 17.3 Å². The van der Waals surface area contributed by atoms with E-state index in [-0.39, 0.29) is 18.6 Å². The predicted octanol–water partition coefficient (Wildman–Crippen LogP) is 2.03. The van der Waals surface area contributed by atoms with Gasteiger partial charge in [0.05, 0.1) is 18.2 Å². The molecule has 0 bridgehead atoms. The Labute approximate surface area is 112 Å². The number of nitrogens with one attached hydrogen (secondary N) is 1. The summed E-state index contributed by atoms with van der Waals surface area (Å²) in [6, 6.07) is 7.65. The van der Waals surface area contributed by atoms with Gasteiger partial charge in [0.15, 0.2) is 0 Å². The van der Waals surface area contributed by atoms with Crippen LogP contribution in [0.2, 0.25) is 0 Å². The predicted molar refractivity (Wildman–Crippen MR) is 77.9 cm³/mol. The van der Waals surface area contributed by atoms with Crippen LogP contribution < -0.4 is 11.1 Å². The van der Waals surface area contributed by atoms with Crippen molar-refractivity contribution in [2.75, 3.05) is 17.7 Å². The molecule has 1 heterocycles. The summed E-state index contributed by atoms with van der Waals surface area (Å²) in [5, 5.41) is 13.7. The van der Waals surface area contributed by atoms with E-state index in [2.05, 4.69) is 29.1 Å². The van der Waals surface area contributed by atoms with Crippen molar-refractivity contribution >= 4 is 22.7 Å². The summed E-state index contributed by atoms with van der Waals surface area (Å²) in [5.74, 6) is 1.27. The van der Waals surface area contributed by atoms with Crippen LogP contribution in [0.25, 0.3) is 10.9 Å². The number of hydrogen-bond donors (Lipinski definition) is 3. The number of nitrogens with two attached hydrogens (primary N) is 1. The summed E-state index contributed by atoms with van der Waals surface area (Å²) < 4.78 is 0. The second-order valence-corrected chi connectivity index (χ2v) is 4.77. The fraction of sp³-hybridized carbons (Fsp3) is 0.429. The molecule has 0 amide bonds. The summed E-state index contributed by atoms with van der Waals surface area (Å²) >= 11 is 0. The van der Waals surface area contributed by atoms with Gasteiger partial charge in [0, 0.05) is 5.39 Å². The van der Waals surface area contributed by atoms with Gasteiger partial charge in [-0.25, -0.2) is 4.98 Å². The van der Waals surface area contributed by atoms with Gasteiger partial charge in [0.25, 0.3) is 0 Å². The van der Waals surface area contributed by atoms with Crippen molar-refractivity contribution < 1.29 is 5.11 Å². The zero-order chi connectivity index (χ0) is 13.8. The second-order valence-electron chi connectivity index (χ2n) is 4.77. The molecule has 0 aliphatic carbocycles. The molecular formula is C14H20N4O. The van der Waals surface area contributed by atoms with Crippen LogP contribution in [0.3, 0.4) is 0 Å². The van der Waals surface area contributed by atoms with Gasteiger partial charge in [-0.05, 0) is 18.1 Å². The van der Waals surface area contributed by atoms with Gasteiger partial charge < -0.3 is 16.2 Å². The van der Waals surface area contributed by atoms with Gasteiger partial charge in [-0.1, -0.05) is 32.4 Å². The number of rotatable bonds is 5. The highest BCUT2D eigenvalue weighted by atomic mass is 16.3. The third-order valence-corrected chi connectivity index (χ3v) is 3.47. The molecule has 5 nitrogen and oxygen atoms in total. The minimum absolute atomic E-state index is 0.0392. The Hall–Kier alpha value is -1.88. The third-order valence-electron chi connectivity index (χ3n) is 3.47. The average molecular weight is 260 g/mol. The van der Waals surface area contributed by atoms with Gasteiger partial charge >= 0.3 is 0 Å². The first kappa shape index (κ1) is 13.5. The molecule has 0 unspecified atom stereocenters. The van der Waals surface area contributed by atoms with Crippen molar-refractivity contribution in [2.24, 2.45) is 5.92 Å². The van der Waals surface area contributed by atoms with E-state index < -0.39 is 0 Å². The maximum absolute atomic E-state index is 9.49. The molecule has 2 aromatic rings. The van der Waals surface area contributed by atoms with E-state index in [1.807, 2.05) is 24.3 Å². The summed E-state index contributed by atoms with van der Waals surface area (Å²) in [4.78, 5) is 8.45. The Bertz CT molecular complexity index is 558. The molecule has 102 valence electrons. The molecular weight excluding hydrogens is 240 g/mol. The number of aromatic nitrogens is 2. The Balaban J connectivity index is 2.38. The number of hydrogen-bond acceptors (Lipinski definition) is 5. The maximum Gasteiger partial charge on any atom is 0.222 e. The van der Waals surface area contributed by atoms with E-state index in [9.17, 15) is 5.11 Å². The first-order valence-corrected chi connectivity index (χ1v) is 6.55. The highest BCUT2D eigenvalue weighted by Crippen LogP contribution is 2.23.